The van der Waals surface area contributed by atoms with E-state index >= 15 is 0 Å². The summed E-state index contributed by atoms with van der Waals surface area (Å²) in [5.74, 6) is -0.517. The molecule has 19 heavy (non-hydrogen) atoms. The van der Waals surface area contributed by atoms with Gasteiger partial charge in [-0.05, 0) is 43.5 Å². The van der Waals surface area contributed by atoms with E-state index in [0.717, 1.165) is 12.8 Å². The third-order valence-corrected chi connectivity index (χ3v) is 3.43. The molecule has 0 bridgehead atoms. The van der Waals surface area contributed by atoms with Gasteiger partial charge in [0, 0.05) is 17.6 Å². The zero-order valence-corrected chi connectivity index (χ0v) is 12.4. The fourth-order valence-electron chi connectivity index (χ4n) is 1.64. The van der Waals surface area contributed by atoms with Crippen molar-refractivity contribution in [3.8, 4) is 0 Å². The van der Waals surface area contributed by atoms with E-state index in [1.54, 1.807) is 13.0 Å². The van der Waals surface area contributed by atoms with Gasteiger partial charge in [-0.3, -0.25) is 4.79 Å². The average molecular weight is 289 g/mol. The van der Waals surface area contributed by atoms with E-state index in [-0.39, 0.29) is 29.7 Å². The number of aryl methyl sites for hydroxylation is 1. The average Bonchev–Trinajstić information content (AvgIpc) is 2.38. The molecular formula is C14H22ClFN2O. The molecule has 1 amide bonds. The molecule has 0 fully saturated rings. The van der Waals surface area contributed by atoms with Crippen LogP contribution in [0.5, 0.6) is 0 Å². The summed E-state index contributed by atoms with van der Waals surface area (Å²) in [6, 6.07) is 4.33. The van der Waals surface area contributed by atoms with Crippen molar-refractivity contribution in [2.75, 3.05) is 6.54 Å². The Balaban J connectivity index is 0.00000324. The first-order chi connectivity index (χ1) is 8.41. The van der Waals surface area contributed by atoms with Crippen LogP contribution in [0.15, 0.2) is 18.2 Å². The maximum absolute atomic E-state index is 13.1. The number of nitrogens with one attached hydrogen (secondary N) is 1. The van der Waals surface area contributed by atoms with E-state index in [9.17, 15) is 9.18 Å². The highest BCUT2D eigenvalue weighted by molar-refractivity contribution is 5.94. The molecule has 0 saturated carbocycles. The molecule has 0 heterocycles. The Morgan fingerprint density at radius 3 is 2.42 bits per heavy atom. The Kier molecular flexibility index (Phi) is 7.01. The van der Waals surface area contributed by atoms with Gasteiger partial charge in [-0.2, -0.15) is 0 Å². The normalized spacial score (nSPS) is 10.8. The molecule has 5 heteroatoms. The van der Waals surface area contributed by atoms with Gasteiger partial charge in [0.15, 0.2) is 0 Å². The fraction of sp³-hybridized carbons (Fsp3) is 0.500. The second kappa shape index (κ2) is 7.46. The molecule has 1 aromatic carbocycles. The highest BCUT2D eigenvalue weighted by Crippen LogP contribution is 2.11. The number of carbonyl (C=O) groups excluding carboxylic acids is 1. The minimum absolute atomic E-state index is 0. The van der Waals surface area contributed by atoms with Crippen molar-refractivity contribution in [2.24, 2.45) is 5.73 Å². The van der Waals surface area contributed by atoms with Gasteiger partial charge in [0.05, 0.1) is 0 Å². The van der Waals surface area contributed by atoms with Crippen molar-refractivity contribution in [1.82, 2.24) is 5.32 Å². The Hall–Kier alpha value is -1.13. The van der Waals surface area contributed by atoms with E-state index in [1.165, 1.54) is 12.1 Å². The minimum Gasteiger partial charge on any atom is -0.350 e. The smallest absolute Gasteiger partial charge is 0.251 e. The van der Waals surface area contributed by atoms with Crippen molar-refractivity contribution in [1.29, 1.82) is 0 Å². The highest BCUT2D eigenvalue weighted by Gasteiger charge is 2.21. The van der Waals surface area contributed by atoms with Gasteiger partial charge < -0.3 is 11.1 Å². The SMILES string of the molecule is CCC(N)(CC)CNC(=O)c1ccc(F)c(C)c1.Cl. The molecular weight excluding hydrogens is 267 g/mol. The largest absolute Gasteiger partial charge is 0.350 e. The molecule has 1 aromatic rings. The van der Waals surface area contributed by atoms with Gasteiger partial charge in [-0.15, -0.1) is 12.4 Å². The van der Waals surface area contributed by atoms with Crippen LogP contribution < -0.4 is 11.1 Å². The summed E-state index contributed by atoms with van der Waals surface area (Å²) >= 11 is 0. The maximum Gasteiger partial charge on any atom is 0.251 e. The molecule has 0 atom stereocenters. The molecule has 3 N–H and O–H groups in total. The summed E-state index contributed by atoms with van der Waals surface area (Å²) in [6.45, 7) is 6.06. The van der Waals surface area contributed by atoms with Gasteiger partial charge in [-0.25, -0.2) is 4.39 Å². The lowest BCUT2D eigenvalue weighted by atomic mass is 9.94. The van der Waals surface area contributed by atoms with E-state index < -0.39 is 0 Å². The molecule has 108 valence electrons. The number of hydrogen-bond donors (Lipinski definition) is 2. The van der Waals surface area contributed by atoms with Crippen LogP contribution in [-0.4, -0.2) is 18.0 Å². The highest BCUT2D eigenvalue weighted by atomic mass is 35.5. The molecule has 0 radical (unpaired) electrons. The molecule has 3 nitrogen and oxygen atoms in total. The number of amides is 1. The van der Waals surface area contributed by atoms with E-state index in [0.29, 0.717) is 17.7 Å². The predicted molar refractivity (Wildman–Crippen MR) is 78.2 cm³/mol. The number of benzene rings is 1. The molecule has 0 aliphatic rings. The number of nitrogens with two attached hydrogens (primary N) is 1. The Morgan fingerprint density at radius 1 is 1.37 bits per heavy atom. The number of rotatable bonds is 5. The van der Waals surface area contributed by atoms with Crippen LogP contribution in [-0.2, 0) is 0 Å². The van der Waals surface area contributed by atoms with Crippen LogP contribution in [0.3, 0.4) is 0 Å². The van der Waals surface area contributed by atoms with Crippen LogP contribution in [0.25, 0.3) is 0 Å². The first kappa shape index (κ1) is 17.9. The van der Waals surface area contributed by atoms with Gasteiger partial charge in [0.2, 0.25) is 0 Å². The maximum atomic E-state index is 13.1. The molecule has 0 aromatic heterocycles. The van der Waals surface area contributed by atoms with Crippen LogP contribution in [0.2, 0.25) is 0 Å². The lowest BCUT2D eigenvalue weighted by Crippen LogP contribution is -2.49. The van der Waals surface area contributed by atoms with Crippen molar-refractivity contribution in [3.05, 3.63) is 35.1 Å². The topological polar surface area (TPSA) is 55.1 Å². The summed E-state index contributed by atoms with van der Waals surface area (Å²) in [4.78, 5) is 11.9. The summed E-state index contributed by atoms with van der Waals surface area (Å²) < 4.78 is 13.1. The minimum atomic E-state index is -0.370. The van der Waals surface area contributed by atoms with Crippen LogP contribution in [0, 0.1) is 12.7 Å². The first-order valence-corrected chi connectivity index (χ1v) is 6.25. The number of halogens is 2. The number of carbonyl (C=O) groups is 1. The van der Waals surface area contributed by atoms with Gasteiger partial charge >= 0.3 is 0 Å². The quantitative estimate of drug-likeness (QED) is 0.875. The fourth-order valence-corrected chi connectivity index (χ4v) is 1.64. The molecule has 0 aliphatic carbocycles. The molecule has 1 rings (SSSR count). The molecule has 0 saturated heterocycles. The third-order valence-electron chi connectivity index (χ3n) is 3.43. The summed E-state index contributed by atoms with van der Waals surface area (Å²) in [5.41, 5.74) is 6.66. The molecule has 0 aliphatic heterocycles. The third kappa shape index (κ3) is 4.80. The standard InChI is InChI=1S/C14H21FN2O.ClH/c1-4-14(16,5-2)9-17-13(18)11-6-7-12(15)10(3)8-11;/h6-8H,4-5,9,16H2,1-3H3,(H,17,18);1H. The van der Waals surface area contributed by atoms with Crippen LogP contribution in [0.4, 0.5) is 4.39 Å². The summed E-state index contributed by atoms with van der Waals surface area (Å²) in [5, 5.41) is 2.80. The molecule has 0 unspecified atom stereocenters. The summed E-state index contributed by atoms with van der Waals surface area (Å²) in [7, 11) is 0. The zero-order valence-electron chi connectivity index (χ0n) is 11.6. The van der Waals surface area contributed by atoms with E-state index in [2.05, 4.69) is 5.32 Å². The lowest BCUT2D eigenvalue weighted by Gasteiger charge is -2.26. The van der Waals surface area contributed by atoms with Crippen molar-refractivity contribution in [3.63, 3.8) is 0 Å². The Labute approximate surface area is 120 Å². The van der Waals surface area contributed by atoms with Crippen molar-refractivity contribution >= 4 is 18.3 Å². The zero-order chi connectivity index (χ0) is 13.8. The van der Waals surface area contributed by atoms with Gasteiger partial charge in [0.1, 0.15) is 5.82 Å². The van der Waals surface area contributed by atoms with Crippen molar-refractivity contribution < 1.29 is 9.18 Å². The Bertz CT molecular complexity index is 433. The predicted octanol–water partition coefficient (Wildman–Crippen LogP) is 2.80. The van der Waals surface area contributed by atoms with E-state index in [4.69, 9.17) is 5.73 Å². The second-order valence-electron chi connectivity index (χ2n) is 4.72. The molecule has 0 spiro atoms. The number of hydrogen-bond acceptors (Lipinski definition) is 2. The monoisotopic (exact) mass is 288 g/mol. The Morgan fingerprint density at radius 2 is 1.95 bits per heavy atom. The van der Waals surface area contributed by atoms with Crippen molar-refractivity contribution in [2.45, 2.75) is 39.2 Å². The van der Waals surface area contributed by atoms with Crippen LogP contribution >= 0.6 is 12.4 Å². The van der Waals surface area contributed by atoms with Gasteiger partial charge in [-0.1, -0.05) is 13.8 Å². The van der Waals surface area contributed by atoms with Crippen LogP contribution in [0.1, 0.15) is 42.6 Å². The van der Waals surface area contributed by atoms with E-state index in [1.807, 2.05) is 13.8 Å². The first-order valence-electron chi connectivity index (χ1n) is 6.25. The lowest BCUT2D eigenvalue weighted by molar-refractivity contribution is 0.0942. The second-order valence-corrected chi connectivity index (χ2v) is 4.72. The van der Waals surface area contributed by atoms with Gasteiger partial charge in [0.25, 0.3) is 5.91 Å². The summed E-state index contributed by atoms with van der Waals surface area (Å²) in [6.07, 6.45) is 1.60.